The van der Waals surface area contributed by atoms with E-state index in [-0.39, 0.29) is 18.2 Å². The zero-order chi connectivity index (χ0) is 20.4. The molecule has 0 aliphatic carbocycles. The molecule has 1 atom stereocenters. The first kappa shape index (κ1) is 20.7. The number of amides is 2. The Morgan fingerprint density at radius 1 is 1.18 bits per heavy atom. The number of thioether (sulfide) groups is 1. The highest BCUT2D eigenvalue weighted by Gasteiger charge is 2.34. The van der Waals surface area contributed by atoms with Crippen LogP contribution in [0.2, 0.25) is 10.0 Å². The zero-order valence-electron chi connectivity index (χ0n) is 15.6. The van der Waals surface area contributed by atoms with Crippen molar-refractivity contribution >= 4 is 63.3 Å². The van der Waals surface area contributed by atoms with Crippen LogP contribution in [0.3, 0.4) is 0 Å². The lowest BCUT2D eigenvalue weighted by Crippen LogP contribution is -2.43. The minimum Gasteiger partial charge on any atom is -0.325 e. The molecule has 28 heavy (non-hydrogen) atoms. The van der Waals surface area contributed by atoms with Crippen LogP contribution in [0.15, 0.2) is 41.4 Å². The average molecular weight is 436 g/mol. The summed E-state index contributed by atoms with van der Waals surface area (Å²) in [6.45, 7) is 3.93. The van der Waals surface area contributed by atoms with E-state index in [9.17, 15) is 9.59 Å². The summed E-state index contributed by atoms with van der Waals surface area (Å²) in [6.07, 6.45) is 0.104. The van der Waals surface area contributed by atoms with E-state index >= 15 is 0 Å². The van der Waals surface area contributed by atoms with Crippen LogP contribution in [0, 0.1) is 13.8 Å². The van der Waals surface area contributed by atoms with Gasteiger partial charge in [0.05, 0.1) is 5.69 Å². The number of nitrogens with zero attached hydrogens (tertiary/aromatic N) is 2. The fraction of sp³-hybridized carbons (Fsp3) is 0.250. The molecule has 1 heterocycles. The molecule has 1 aliphatic heterocycles. The van der Waals surface area contributed by atoms with Crippen molar-refractivity contribution in [3.05, 3.63) is 57.6 Å². The summed E-state index contributed by atoms with van der Waals surface area (Å²) in [7, 11) is 1.64. The predicted molar refractivity (Wildman–Crippen MR) is 117 cm³/mol. The topological polar surface area (TPSA) is 61.8 Å². The van der Waals surface area contributed by atoms with Gasteiger partial charge in [-0.05, 0) is 43.7 Å². The number of halogens is 2. The minimum atomic E-state index is -0.571. The molecule has 2 aromatic carbocycles. The zero-order valence-corrected chi connectivity index (χ0v) is 18.0. The van der Waals surface area contributed by atoms with Crippen molar-refractivity contribution in [1.82, 2.24) is 4.90 Å². The molecule has 0 bridgehead atoms. The summed E-state index contributed by atoms with van der Waals surface area (Å²) in [6, 6.07) is 10.7. The van der Waals surface area contributed by atoms with Crippen molar-refractivity contribution in [2.45, 2.75) is 25.5 Å². The predicted octanol–water partition coefficient (Wildman–Crippen LogP) is 5.20. The van der Waals surface area contributed by atoms with Gasteiger partial charge in [0.2, 0.25) is 11.8 Å². The first-order chi connectivity index (χ1) is 13.2. The summed E-state index contributed by atoms with van der Waals surface area (Å²) in [5, 5.41) is 3.67. The molecule has 3 rings (SSSR count). The molecule has 0 aromatic heterocycles. The summed E-state index contributed by atoms with van der Waals surface area (Å²) in [4.78, 5) is 31.1. The Kier molecular flexibility index (Phi) is 6.33. The van der Waals surface area contributed by atoms with Crippen LogP contribution < -0.4 is 5.32 Å². The number of rotatable bonds is 3. The molecule has 0 spiro atoms. The molecule has 1 N–H and O–H groups in total. The van der Waals surface area contributed by atoms with E-state index in [1.165, 1.54) is 16.7 Å². The Hall–Kier alpha value is -2.02. The van der Waals surface area contributed by atoms with Gasteiger partial charge < -0.3 is 5.32 Å². The van der Waals surface area contributed by atoms with Gasteiger partial charge in [-0.25, -0.2) is 4.99 Å². The fourth-order valence-corrected chi connectivity index (χ4v) is 4.36. The number of benzene rings is 2. The Balaban J connectivity index is 1.82. The monoisotopic (exact) mass is 435 g/mol. The number of amidine groups is 1. The highest BCUT2D eigenvalue weighted by atomic mass is 35.5. The number of aliphatic imine (C=N–C) groups is 1. The van der Waals surface area contributed by atoms with E-state index in [1.54, 1.807) is 25.2 Å². The van der Waals surface area contributed by atoms with Gasteiger partial charge in [0, 0.05) is 29.2 Å². The van der Waals surface area contributed by atoms with Gasteiger partial charge in [0.15, 0.2) is 5.17 Å². The van der Waals surface area contributed by atoms with Crippen molar-refractivity contribution in [3.8, 4) is 0 Å². The molecular weight excluding hydrogens is 417 g/mol. The Morgan fingerprint density at radius 3 is 2.50 bits per heavy atom. The van der Waals surface area contributed by atoms with Crippen LogP contribution in [0.25, 0.3) is 0 Å². The Morgan fingerprint density at radius 2 is 1.86 bits per heavy atom. The normalized spacial score (nSPS) is 18.5. The summed E-state index contributed by atoms with van der Waals surface area (Å²) >= 11 is 13.3. The maximum atomic E-state index is 12.8. The summed E-state index contributed by atoms with van der Waals surface area (Å²) < 4.78 is 0. The van der Waals surface area contributed by atoms with Gasteiger partial charge in [0.25, 0.3) is 0 Å². The molecule has 1 unspecified atom stereocenters. The lowest BCUT2D eigenvalue weighted by Gasteiger charge is -2.29. The van der Waals surface area contributed by atoms with Gasteiger partial charge in [-0.3, -0.25) is 14.5 Å². The standard InChI is InChI=1S/C20H19Cl2N3O2S/c1-11-4-5-16(12(2)6-11)24-19(27)17-10-18(26)25(3)20(28-17)23-15-8-13(21)7-14(22)9-15/h4-9,17H,10H2,1-3H3,(H,24,27). The largest absolute Gasteiger partial charge is 0.325 e. The summed E-state index contributed by atoms with van der Waals surface area (Å²) in [5.74, 6) is -0.401. The SMILES string of the molecule is Cc1ccc(NC(=O)C2CC(=O)N(C)C(=Nc3cc(Cl)cc(Cl)c3)S2)c(C)c1. The lowest BCUT2D eigenvalue weighted by atomic mass is 10.1. The molecule has 8 heteroatoms. The van der Waals surface area contributed by atoms with Crippen molar-refractivity contribution in [3.63, 3.8) is 0 Å². The van der Waals surface area contributed by atoms with Crippen LogP contribution in [0.4, 0.5) is 11.4 Å². The van der Waals surface area contributed by atoms with Crippen LogP contribution >= 0.6 is 35.0 Å². The number of carbonyl (C=O) groups excluding carboxylic acids is 2. The average Bonchev–Trinajstić information content (AvgIpc) is 2.60. The first-order valence-electron chi connectivity index (χ1n) is 8.59. The first-order valence-corrected chi connectivity index (χ1v) is 10.2. The van der Waals surface area contributed by atoms with Crippen LogP contribution in [-0.2, 0) is 9.59 Å². The van der Waals surface area contributed by atoms with Crippen molar-refractivity contribution in [1.29, 1.82) is 0 Å². The molecule has 0 saturated carbocycles. The van der Waals surface area contributed by atoms with E-state index in [4.69, 9.17) is 23.2 Å². The Labute approximate surface area is 178 Å². The summed E-state index contributed by atoms with van der Waals surface area (Å²) in [5.41, 5.74) is 3.35. The fourth-order valence-electron chi connectivity index (χ4n) is 2.78. The van der Waals surface area contributed by atoms with Crippen molar-refractivity contribution < 1.29 is 9.59 Å². The second-order valence-corrected chi connectivity index (χ2v) is 8.64. The minimum absolute atomic E-state index is 0.104. The third-order valence-electron chi connectivity index (χ3n) is 4.27. The molecule has 2 aromatic rings. The van der Waals surface area contributed by atoms with Gasteiger partial charge in [-0.1, -0.05) is 52.7 Å². The second kappa shape index (κ2) is 8.55. The number of hydrogen-bond acceptors (Lipinski definition) is 4. The molecule has 1 aliphatic rings. The van der Waals surface area contributed by atoms with Gasteiger partial charge in [-0.2, -0.15) is 0 Å². The highest BCUT2D eigenvalue weighted by molar-refractivity contribution is 8.15. The van der Waals surface area contributed by atoms with Gasteiger partial charge in [-0.15, -0.1) is 0 Å². The van der Waals surface area contributed by atoms with E-state index in [0.29, 0.717) is 20.9 Å². The number of anilines is 1. The van der Waals surface area contributed by atoms with E-state index < -0.39 is 5.25 Å². The molecule has 146 valence electrons. The third kappa shape index (κ3) is 4.87. The maximum absolute atomic E-state index is 12.8. The quantitative estimate of drug-likeness (QED) is 0.720. The van der Waals surface area contributed by atoms with Crippen molar-refractivity contribution in [2.24, 2.45) is 4.99 Å². The molecule has 0 radical (unpaired) electrons. The Bertz CT molecular complexity index is 958. The van der Waals surface area contributed by atoms with E-state index in [1.807, 2.05) is 32.0 Å². The third-order valence-corrected chi connectivity index (χ3v) is 5.95. The highest BCUT2D eigenvalue weighted by Crippen LogP contribution is 2.31. The molecule has 1 saturated heterocycles. The van der Waals surface area contributed by atoms with Crippen LogP contribution in [0.1, 0.15) is 17.5 Å². The van der Waals surface area contributed by atoms with E-state index in [0.717, 1.165) is 16.8 Å². The molecule has 1 fully saturated rings. The van der Waals surface area contributed by atoms with Crippen LogP contribution in [-0.4, -0.2) is 34.2 Å². The molecule has 5 nitrogen and oxygen atoms in total. The van der Waals surface area contributed by atoms with Gasteiger partial charge in [0.1, 0.15) is 5.25 Å². The van der Waals surface area contributed by atoms with Gasteiger partial charge >= 0.3 is 0 Å². The lowest BCUT2D eigenvalue weighted by molar-refractivity contribution is -0.128. The second-order valence-electron chi connectivity index (χ2n) is 6.59. The molecular formula is C20H19Cl2N3O2S. The maximum Gasteiger partial charge on any atom is 0.238 e. The number of hydrogen-bond donors (Lipinski definition) is 1. The van der Waals surface area contributed by atoms with Crippen molar-refractivity contribution in [2.75, 3.05) is 12.4 Å². The number of aryl methyl sites for hydroxylation is 2. The van der Waals surface area contributed by atoms with E-state index in [2.05, 4.69) is 10.3 Å². The number of nitrogens with one attached hydrogen (secondary N) is 1. The number of carbonyl (C=O) groups is 2. The van der Waals surface area contributed by atoms with Crippen LogP contribution in [0.5, 0.6) is 0 Å². The smallest absolute Gasteiger partial charge is 0.238 e. The molecule has 2 amide bonds.